The van der Waals surface area contributed by atoms with Crippen molar-refractivity contribution in [1.82, 2.24) is 15.0 Å². The van der Waals surface area contributed by atoms with Gasteiger partial charge in [-0.1, -0.05) is 6.92 Å². The van der Waals surface area contributed by atoms with E-state index in [1.54, 1.807) is 0 Å². The second-order valence-electron chi connectivity index (χ2n) is 2.96. The molecule has 0 saturated carbocycles. The summed E-state index contributed by atoms with van der Waals surface area (Å²) < 4.78 is 4.85. The molecule has 1 heterocycles. The number of nitrogens with zero attached hydrogens (tertiary/aromatic N) is 3. The number of aromatic nitrogens is 3. The summed E-state index contributed by atoms with van der Waals surface area (Å²) in [4.78, 5) is 11.6. The molecular formula is C8H14ClN5O. The lowest BCUT2D eigenvalue weighted by Crippen LogP contribution is -2.28. The Kier molecular flexibility index (Phi) is 4.51. The Morgan fingerprint density at radius 2 is 2.20 bits per heavy atom. The topological polar surface area (TPSA) is 86.0 Å². The quantitative estimate of drug-likeness (QED) is 0.775. The molecule has 1 aromatic rings. The van der Waals surface area contributed by atoms with E-state index in [1.165, 1.54) is 7.11 Å². The molecule has 0 aliphatic carbocycles. The van der Waals surface area contributed by atoms with Gasteiger partial charge in [0.25, 0.3) is 0 Å². The predicted molar refractivity (Wildman–Crippen MR) is 58.1 cm³/mol. The molecule has 6 nitrogen and oxygen atoms in total. The minimum Gasteiger partial charge on any atom is -0.467 e. The first-order valence-corrected chi connectivity index (χ1v) is 4.98. The van der Waals surface area contributed by atoms with Gasteiger partial charge in [0.2, 0.25) is 11.2 Å². The molecule has 0 spiro atoms. The zero-order chi connectivity index (χ0) is 11.3. The summed E-state index contributed by atoms with van der Waals surface area (Å²) in [5.74, 6) is 0.371. The first-order chi connectivity index (χ1) is 7.15. The Morgan fingerprint density at radius 3 is 2.80 bits per heavy atom. The second kappa shape index (κ2) is 5.67. The summed E-state index contributed by atoms with van der Waals surface area (Å²) in [6.45, 7) is 2.59. The van der Waals surface area contributed by atoms with Crippen LogP contribution in [0.25, 0.3) is 0 Å². The number of rotatable bonds is 5. The number of anilines is 1. The summed E-state index contributed by atoms with van der Waals surface area (Å²) in [5, 5.41) is 3.05. The number of hydrogen-bond acceptors (Lipinski definition) is 6. The normalized spacial score (nSPS) is 12.3. The van der Waals surface area contributed by atoms with Crippen LogP contribution in [0, 0.1) is 0 Å². The van der Waals surface area contributed by atoms with Crippen molar-refractivity contribution in [3.05, 3.63) is 5.28 Å². The molecule has 0 fully saturated rings. The van der Waals surface area contributed by atoms with Crippen LogP contribution >= 0.6 is 11.6 Å². The van der Waals surface area contributed by atoms with Crippen molar-refractivity contribution in [3.63, 3.8) is 0 Å². The summed E-state index contributed by atoms with van der Waals surface area (Å²) in [7, 11) is 1.47. The fourth-order valence-corrected chi connectivity index (χ4v) is 1.02. The standard InChI is InChI=1S/C8H14ClN5O/c1-3-5(10)4-11-7-12-6(9)13-8(14-7)15-2/h5H,3-4,10H2,1-2H3,(H,11,12,13,14). The van der Waals surface area contributed by atoms with E-state index < -0.39 is 0 Å². The molecule has 3 N–H and O–H groups in total. The minimum absolute atomic E-state index is 0.0616. The van der Waals surface area contributed by atoms with E-state index in [9.17, 15) is 0 Å². The van der Waals surface area contributed by atoms with Gasteiger partial charge in [-0.3, -0.25) is 0 Å². The van der Waals surface area contributed by atoms with Crippen LogP contribution in [0.3, 0.4) is 0 Å². The molecule has 0 saturated heterocycles. The van der Waals surface area contributed by atoms with E-state index >= 15 is 0 Å². The summed E-state index contributed by atoms with van der Waals surface area (Å²) in [6.07, 6.45) is 0.878. The van der Waals surface area contributed by atoms with E-state index in [-0.39, 0.29) is 17.3 Å². The van der Waals surface area contributed by atoms with Gasteiger partial charge in [-0.05, 0) is 18.0 Å². The summed E-state index contributed by atoms with van der Waals surface area (Å²) >= 11 is 5.66. The van der Waals surface area contributed by atoms with E-state index in [0.29, 0.717) is 12.5 Å². The lowest BCUT2D eigenvalue weighted by Gasteiger charge is -2.10. The van der Waals surface area contributed by atoms with E-state index in [4.69, 9.17) is 22.1 Å². The third-order valence-electron chi connectivity index (χ3n) is 1.82. The highest BCUT2D eigenvalue weighted by Crippen LogP contribution is 2.10. The van der Waals surface area contributed by atoms with E-state index in [1.807, 2.05) is 6.92 Å². The van der Waals surface area contributed by atoms with Gasteiger partial charge in [0.15, 0.2) is 0 Å². The monoisotopic (exact) mass is 231 g/mol. The molecule has 0 radical (unpaired) electrons. The van der Waals surface area contributed by atoms with Gasteiger partial charge in [0.1, 0.15) is 0 Å². The van der Waals surface area contributed by atoms with Crippen molar-refractivity contribution < 1.29 is 4.74 Å². The van der Waals surface area contributed by atoms with Crippen molar-refractivity contribution >= 4 is 17.5 Å². The molecule has 1 unspecified atom stereocenters. The van der Waals surface area contributed by atoms with Gasteiger partial charge >= 0.3 is 6.01 Å². The van der Waals surface area contributed by atoms with Crippen LogP contribution in [0.15, 0.2) is 0 Å². The van der Waals surface area contributed by atoms with Crippen LogP contribution in [0.5, 0.6) is 6.01 Å². The number of ether oxygens (including phenoxy) is 1. The van der Waals surface area contributed by atoms with Crippen LogP contribution in [0.2, 0.25) is 5.28 Å². The molecule has 0 amide bonds. The van der Waals surface area contributed by atoms with Crippen LogP contribution in [0.1, 0.15) is 13.3 Å². The SMILES string of the molecule is CCC(N)CNc1nc(Cl)nc(OC)n1. The average molecular weight is 232 g/mol. The van der Waals surface area contributed by atoms with Crippen LogP contribution in [0.4, 0.5) is 5.95 Å². The molecule has 0 aromatic carbocycles. The number of hydrogen-bond donors (Lipinski definition) is 2. The molecule has 0 bridgehead atoms. The van der Waals surface area contributed by atoms with Gasteiger partial charge in [-0.2, -0.15) is 15.0 Å². The average Bonchev–Trinajstić information content (AvgIpc) is 2.25. The zero-order valence-corrected chi connectivity index (χ0v) is 9.45. The first-order valence-electron chi connectivity index (χ1n) is 4.60. The van der Waals surface area contributed by atoms with Crippen molar-refractivity contribution in [1.29, 1.82) is 0 Å². The van der Waals surface area contributed by atoms with E-state index in [2.05, 4.69) is 20.3 Å². The zero-order valence-electron chi connectivity index (χ0n) is 8.70. The van der Waals surface area contributed by atoms with Crippen LogP contribution in [-0.2, 0) is 0 Å². The molecular weight excluding hydrogens is 218 g/mol. The van der Waals surface area contributed by atoms with Crippen molar-refractivity contribution in [3.8, 4) is 6.01 Å². The van der Waals surface area contributed by atoms with Crippen LogP contribution in [-0.4, -0.2) is 34.6 Å². The van der Waals surface area contributed by atoms with Crippen molar-refractivity contribution in [2.24, 2.45) is 5.73 Å². The van der Waals surface area contributed by atoms with Crippen LogP contribution < -0.4 is 15.8 Å². The van der Waals surface area contributed by atoms with Gasteiger partial charge < -0.3 is 15.8 Å². The molecule has 1 aromatic heterocycles. The first kappa shape index (κ1) is 11.9. The molecule has 1 atom stereocenters. The largest absolute Gasteiger partial charge is 0.467 e. The third kappa shape index (κ3) is 3.85. The number of methoxy groups -OCH3 is 1. The van der Waals surface area contributed by atoms with Crippen molar-refractivity contribution in [2.75, 3.05) is 19.0 Å². The fourth-order valence-electron chi connectivity index (χ4n) is 0.869. The predicted octanol–water partition coefficient (Wildman–Crippen LogP) is 0.683. The van der Waals surface area contributed by atoms with Crippen molar-refractivity contribution in [2.45, 2.75) is 19.4 Å². The Balaban J connectivity index is 2.64. The van der Waals surface area contributed by atoms with E-state index in [0.717, 1.165) is 6.42 Å². The highest BCUT2D eigenvalue weighted by Gasteiger charge is 2.05. The third-order valence-corrected chi connectivity index (χ3v) is 1.99. The lowest BCUT2D eigenvalue weighted by atomic mass is 10.2. The molecule has 15 heavy (non-hydrogen) atoms. The van der Waals surface area contributed by atoms with Gasteiger partial charge in [0, 0.05) is 12.6 Å². The second-order valence-corrected chi connectivity index (χ2v) is 3.30. The smallest absolute Gasteiger partial charge is 0.322 e. The molecule has 0 aliphatic heterocycles. The molecule has 7 heteroatoms. The maximum atomic E-state index is 5.73. The lowest BCUT2D eigenvalue weighted by molar-refractivity contribution is 0.378. The number of halogens is 1. The summed E-state index contributed by atoms with van der Waals surface area (Å²) in [5.41, 5.74) is 5.73. The highest BCUT2D eigenvalue weighted by atomic mass is 35.5. The highest BCUT2D eigenvalue weighted by molar-refractivity contribution is 6.28. The van der Waals surface area contributed by atoms with Gasteiger partial charge in [-0.25, -0.2) is 0 Å². The maximum Gasteiger partial charge on any atom is 0.322 e. The molecule has 0 aliphatic rings. The van der Waals surface area contributed by atoms with Gasteiger partial charge in [0.05, 0.1) is 7.11 Å². The Labute approximate surface area is 93.2 Å². The molecule has 84 valence electrons. The Bertz CT molecular complexity index is 322. The number of nitrogens with one attached hydrogen (secondary N) is 1. The van der Waals surface area contributed by atoms with Gasteiger partial charge in [-0.15, -0.1) is 0 Å². The maximum absolute atomic E-state index is 5.73. The Morgan fingerprint density at radius 1 is 1.47 bits per heavy atom. The molecule has 1 rings (SSSR count). The Hall–Kier alpha value is -1.14. The minimum atomic E-state index is 0.0616. The fraction of sp³-hybridized carbons (Fsp3) is 0.625. The number of nitrogens with two attached hydrogens (primary N) is 1. The summed E-state index contributed by atoms with van der Waals surface area (Å²) in [6, 6.07) is 0.245.